The second-order valence-corrected chi connectivity index (χ2v) is 6.93. The van der Waals surface area contributed by atoms with Gasteiger partial charge in [-0.15, -0.1) is 0 Å². The number of aryl methyl sites for hydroxylation is 1. The number of nitrogen functional groups attached to an aromatic ring is 1. The summed E-state index contributed by atoms with van der Waals surface area (Å²) < 4.78 is 53.3. The van der Waals surface area contributed by atoms with Gasteiger partial charge in [0.05, 0.1) is 15.8 Å². The van der Waals surface area contributed by atoms with E-state index in [-0.39, 0.29) is 20.7 Å². The Labute approximate surface area is 129 Å². The summed E-state index contributed by atoms with van der Waals surface area (Å²) in [6, 6.07) is 5.73. The van der Waals surface area contributed by atoms with Crippen molar-refractivity contribution in [1.82, 2.24) is 0 Å². The van der Waals surface area contributed by atoms with Gasteiger partial charge in [-0.3, -0.25) is 4.72 Å². The zero-order valence-electron chi connectivity index (χ0n) is 10.8. The van der Waals surface area contributed by atoms with Crippen LogP contribution in [0.5, 0.6) is 0 Å². The maximum absolute atomic E-state index is 13.3. The molecule has 112 valence electrons. The highest BCUT2D eigenvalue weighted by molar-refractivity contribution is 9.10. The van der Waals surface area contributed by atoms with Crippen LogP contribution in [0.3, 0.4) is 0 Å². The smallest absolute Gasteiger partial charge is 0.263 e. The third-order valence-corrected chi connectivity index (χ3v) is 4.68. The van der Waals surface area contributed by atoms with Crippen LogP contribution in [0, 0.1) is 18.6 Å². The molecule has 0 saturated heterocycles. The molecule has 2 rings (SSSR count). The minimum Gasteiger partial charge on any atom is -0.398 e. The van der Waals surface area contributed by atoms with Crippen LogP contribution in [0.4, 0.5) is 20.2 Å². The quantitative estimate of drug-likeness (QED) is 0.806. The molecule has 4 nitrogen and oxygen atoms in total. The average Bonchev–Trinajstić information content (AvgIpc) is 2.31. The van der Waals surface area contributed by atoms with Gasteiger partial charge in [-0.05, 0) is 58.7 Å². The molecule has 21 heavy (non-hydrogen) atoms. The molecular weight excluding hydrogens is 366 g/mol. The van der Waals surface area contributed by atoms with Crippen molar-refractivity contribution in [3.05, 3.63) is 52.0 Å². The van der Waals surface area contributed by atoms with E-state index >= 15 is 0 Å². The third-order valence-electron chi connectivity index (χ3n) is 2.64. The minimum atomic E-state index is -4.06. The summed E-state index contributed by atoms with van der Waals surface area (Å²) in [5.41, 5.74) is 5.92. The second kappa shape index (κ2) is 5.61. The summed E-state index contributed by atoms with van der Waals surface area (Å²) in [6.45, 7) is 1.63. The SMILES string of the molecule is Cc1cc(F)cc(NS(=O)(=O)c2cc(Br)c(F)cc2N)c1. The lowest BCUT2D eigenvalue weighted by Gasteiger charge is -2.11. The number of hydrogen-bond acceptors (Lipinski definition) is 3. The van der Waals surface area contributed by atoms with Crippen LogP contribution in [0.1, 0.15) is 5.56 Å². The molecule has 0 heterocycles. The van der Waals surface area contributed by atoms with Crippen LogP contribution < -0.4 is 10.5 Å². The first-order chi connectivity index (χ1) is 9.69. The monoisotopic (exact) mass is 376 g/mol. The van der Waals surface area contributed by atoms with Crippen molar-refractivity contribution < 1.29 is 17.2 Å². The molecule has 0 aliphatic rings. The van der Waals surface area contributed by atoms with Crippen molar-refractivity contribution in [3.8, 4) is 0 Å². The van der Waals surface area contributed by atoms with Crippen LogP contribution in [0.15, 0.2) is 39.7 Å². The van der Waals surface area contributed by atoms with Gasteiger partial charge >= 0.3 is 0 Å². The number of nitrogens with two attached hydrogens (primary N) is 1. The lowest BCUT2D eigenvalue weighted by molar-refractivity contribution is 0.599. The molecule has 0 fully saturated rings. The highest BCUT2D eigenvalue weighted by Gasteiger charge is 2.20. The van der Waals surface area contributed by atoms with Crippen molar-refractivity contribution in [2.75, 3.05) is 10.5 Å². The fourth-order valence-corrected chi connectivity index (χ4v) is 3.46. The van der Waals surface area contributed by atoms with Gasteiger partial charge in [0.15, 0.2) is 0 Å². The molecule has 0 aromatic heterocycles. The van der Waals surface area contributed by atoms with E-state index < -0.39 is 21.7 Å². The fraction of sp³-hybridized carbons (Fsp3) is 0.0769. The molecule has 0 saturated carbocycles. The maximum Gasteiger partial charge on any atom is 0.263 e. The Hall–Kier alpha value is -1.67. The van der Waals surface area contributed by atoms with Crippen LogP contribution in [0.2, 0.25) is 0 Å². The van der Waals surface area contributed by atoms with E-state index in [1.807, 2.05) is 0 Å². The fourth-order valence-electron chi connectivity index (χ4n) is 1.78. The molecule has 8 heteroatoms. The highest BCUT2D eigenvalue weighted by Crippen LogP contribution is 2.28. The molecular formula is C13H11BrF2N2O2S. The van der Waals surface area contributed by atoms with E-state index in [4.69, 9.17) is 5.73 Å². The van der Waals surface area contributed by atoms with E-state index in [1.54, 1.807) is 6.92 Å². The molecule has 0 radical (unpaired) electrons. The van der Waals surface area contributed by atoms with Gasteiger partial charge in [-0.25, -0.2) is 17.2 Å². The zero-order chi connectivity index (χ0) is 15.8. The summed E-state index contributed by atoms with van der Waals surface area (Å²) in [6.07, 6.45) is 0. The van der Waals surface area contributed by atoms with E-state index in [0.717, 1.165) is 18.2 Å². The molecule has 0 unspecified atom stereocenters. The Morgan fingerprint density at radius 2 is 1.81 bits per heavy atom. The molecule has 0 aliphatic heterocycles. The van der Waals surface area contributed by atoms with Crippen molar-refractivity contribution in [2.24, 2.45) is 0 Å². The molecule has 0 spiro atoms. The molecule has 2 aromatic carbocycles. The first-order valence-corrected chi connectivity index (χ1v) is 8.01. The van der Waals surface area contributed by atoms with Gasteiger partial charge in [-0.1, -0.05) is 0 Å². The average molecular weight is 377 g/mol. The van der Waals surface area contributed by atoms with Gasteiger partial charge in [0, 0.05) is 0 Å². The summed E-state index contributed by atoms with van der Waals surface area (Å²) >= 11 is 2.90. The normalized spacial score (nSPS) is 11.4. The number of benzene rings is 2. The lowest BCUT2D eigenvalue weighted by Crippen LogP contribution is -2.15. The predicted octanol–water partition coefficient (Wildman–Crippen LogP) is 3.42. The Kier molecular flexibility index (Phi) is 4.20. The Morgan fingerprint density at radius 1 is 1.14 bits per heavy atom. The van der Waals surface area contributed by atoms with Crippen molar-refractivity contribution >= 4 is 37.3 Å². The number of nitrogens with one attached hydrogen (secondary N) is 1. The van der Waals surface area contributed by atoms with Crippen molar-refractivity contribution in [3.63, 3.8) is 0 Å². The highest BCUT2D eigenvalue weighted by atomic mass is 79.9. The number of anilines is 2. The molecule has 0 aliphatic carbocycles. The van der Waals surface area contributed by atoms with Crippen LogP contribution >= 0.6 is 15.9 Å². The van der Waals surface area contributed by atoms with E-state index in [1.165, 1.54) is 12.1 Å². The minimum absolute atomic E-state index is 0.0347. The molecule has 3 N–H and O–H groups in total. The summed E-state index contributed by atoms with van der Waals surface area (Å²) in [5, 5.41) is 0. The van der Waals surface area contributed by atoms with Gasteiger partial charge in [0.2, 0.25) is 0 Å². The van der Waals surface area contributed by atoms with Gasteiger partial charge in [-0.2, -0.15) is 0 Å². The predicted molar refractivity (Wildman–Crippen MR) is 80.5 cm³/mol. The van der Waals surface area contributed by atoms with Gasteiger partial charge in [0.1, 0.15) is 16.5 Å². The number of halogens is 3. The topological polar surface area (TPSA) is 72.2 Å². The van der Waals surface area contributed by atoms with E-state index in [9.17, 15) is 17.2 Å². The van der Waals surface area contributed by atoms with Crippen molar-refractivity contribution in [2.45, 2.75) is 11.8 Å². The van der Waals surface area contributed by atoms with Gasteiger partial charge in [0.25, 0.3) is 10.0 Å². The zero-order valence-corrected chi connectivity index (χ0v) is 13.2. The first-order valence-electron chi connectivity index (χ1n) is 5.73. The maximum atomic E-state index is 13.3. The first kappa shape index (κ1) is 15.7. The number of rotatable bonds is 3. The standard InChI is InChI=1S/C13H11BrF2N2O2S/c1-7-2-8(15)4-9(3-7)18-21(19,20)13-5-10(14)11(16)6-12(13)17/h2-6,18H,17H2,1H3. The lowest BCUT2D eigenvalue weighted by atomic mass is 10.2. The Balaban J connectivity index is 2.45. The Bertz CT molecular complexity index is 790. The number of hydrogen-bond donors (Lipinski definition) is 2. The molecule has 0 atom stereocenters. The molecule has 0 bridgehead atoms. The summed E-state index contributed by atoms with van der Waals surface area (Å²) in [7, 11) is -4.06. The third kappa shape index (κ3) is 3.51. The van der Waals surface area contributed by atoms with Crippen LogP contribution in [-0.4, -0.2) is 8.42 Å². The van der Waals surface area contributed by atoms with Crippen LogP contribution in [0.25, 0.3) is 0 Å². The Morgan fingerprint density at radius 3 is 2.43 bits per heavy atom. The second-order valence-electron chi connectivity index (χ2n) is 4.43. The summed E-state index contributed by atoms with van der Waals surface area (Å²) in [4.78, 5) is -0.294. The van der Waals surface area contributed by atoms with E-state index in [2.05, 4.69) is 20.7 Å². The number of sulfonamides is 1. The van der Waals surface area contributed by atoms with Crippen LogP contribution in [-0.2, 0) is 10.0 Å². The molecule has 2 aromatic rings. The summed E-state index contributed by atoms with van der Waals surface area (Å²) in [5.74, 6) is -1.24. The largest absolute Gasteiger partial charge is 0.398 e. The molecule has 0 amide bonds. The van der Waals surface area contributed by atoms with E-state index in [0.29, 0.717) is 5.56 Å². The van der Waals surface area contributed by atoms with Gasteiger partial charge < -0.3 is 5.73 Å². The van der Waals surface area contributed by atoms with Crippen molar-refractivity contribution in [1.29, 1.82) is 0 Å².